The van der Waals surface area contributed by atoms with Crippen LogP contribution in [-0.2, 0) is 4.79 Å². The predicted octanol–water partition coefficient (Wildman–Crippen LogP) is 1.78. The van der Waals surface area contributed by atoms with Crippen LogP contribution in [0, 0.1) is 5.92 Å². The Bertz CT molecular complexity index is 427. The molecule has 1 aliphatic heterocycles. The first kappa shape index (κ1) is 14.5. The van der Waals surface area contributed by atoms with Crippen LogP contribution in [0.3, 0.4) is 0 Å². The number of piperidine rings is 1. The average molecular weight is 274 g/mol. The van der Waals surface area contributed by atoms with E-state index >= 15 is 0 Å². The highest BCUT2D eigenvalue weighted by Gasteiger charge is 2.20. The first-order chi connectivity index (χ1) is 9.79. The van der Waals surface area contributed by atoms with E-state index in [1.165, 1.54) is 0 Å². The number of carbonyl (C=O) groups excluding carboxylic acids is 1. The SMILES string of the molecule is C=CCCC(=O)NCC1CCN(c2ncccn2)CC1. The molecule has 0 aliphatic carbocycles. The summed E-state index contributed by atoms with van der Waals surface area (Å²) in [5.74, 6) is 1.49. The van der Waals surface area contributed by atoms with Gasteiger partial charge >= 0.3 is 0 Å². The molecule has 108 valence electrons. The summed E-state index contributed by atoms with van der Waals surface area (Å²) >= 11 is 0. The molecule has 1 saturated heterocycles. The zero-order valence-corrected chi connectivity index (χ0v) is 11.8. The maximum atomic E-state index is 11.5. The highest BCUT2D eigenvalue weighted by molar-refractivity contribution is 5.75. The Kier molecular flexibility index (Phi) is 5.53. The van der Waals surface area contributed by atoms with Gasteiger partial charge in [0.1, 0.15) is 0 Å². The van der Waals surface area contributed by atoms with Crippen molar-refractivity contribution in [1.82, 2.24) is 15.3 Å². The van der Waals surface area contributed by atoms with Gasteiger partial charge in [0.15, 0.2) is 0 Å². The number of nitrogens with zero attached hydrogens (tertiary/aromatic N) is 3. The van der Waals surface area contributed by atoms with Gasteiger partial charge in [-0.1, -0.05) is 6.08 Å². The van der Waals surface area contributed by atoms with Crippen LogP contribution in [0.2, 0.25) is 0 Å². The number of hydrogen-bond donors (Lipinski definition) is 1. The first-order valence-corrected chi connectivity index (χ1v) is 7.19. The van der Waals surface area contributed by atoms with Crippen LogP contribution in [0.25, 0.3) is 0 Å². The highest BCUT2D eigenvalue weighted by atomic mass is 16.1. The van der Waals surface area contributed by atoms with Crippen molar-refractivity contribution in [1.29, 1.82) is 0 Å². The number of amides is 1. The highest BCUT2D eigenvalue weighted by Crippen LogP contribution is 2.19. The summed E-state index contributed by atoms with van der Waals surface area (Å²) in [6.07, 6.45) is 8.75. The maximum Gasteiger partial charge on any atom is 0.225 e. The van der Waals surface area contributed by atoms with Crippen molar-refractivity contribution in [2.45, 2.75) is 25.7 Å². The quantitative estimate of drug-likeness (QED) is 0.803. The largest absolute Gasteiger partial charge is 0.356 e. The summed E-state index contributed by atoms with van der Waals surface area (Å²) in [4.78, 5) is 22.3. The zero-order chi connectivity index (χ0) is 14.2. The Balaban J connectivity index is 1.69. The van der Waals surface area contributed by atoms with E-state index in [0.29, 0.717) is 12.3 Å². The Hall–Kier alpha value is -1.91. The summed E-state index contributed by atoms with van der Waals surface area (Å²) in [6, 6.07) is 1.83. The topological polar surface area (TPSA) is 58.1 Å². The van der Waals surface area contributed by atoms with Crippen LogP contribution in [0.5, 0.6) is 0 Å². The predicted molar refractivity (Wildman–Crippen MR) is 79.4 cm³/mol. The molecule has 0 radical (unpaired) electrons. The lowest BCUT2D eigenvalue weighted by Gasteiger charge is -2.31. The lowest BCUT2D eigenvalue weighted by atomic mass is 9.97. The van der Waals surface area contributed by atoms with Gasteiger partial charge in [0.2, 0.25) is 11.9 Å². The standard InChI is InChI=1S/C15H22N4O/c1-2-3-5-14(20)18-12-13-6-10-19(11-7-13)15-16-8-4-9-17-15/h2,4,8-9,13H,1,3,5-7,10-12H2,(H,18,20). The second kappa shape index (κ2) is 7.62. The van der Waals surface area contributed by atoms with Gasteiger partial charge in [-0.15, -0.1) is 6.58 Å². The summed E-state index contributed by atoms with van der Waals surface area (Å²) in [7, 11) is 0. The third kappa shape index (κ3) is 4.33. The van der Waals surface area contributed by atoms with Gasteiger partial charge in [-0.2, -0.15) is 0 Å². The van der Waals surface area contributed by atoms with Gasteiger partial charge in [0.05, 0.1) is 0 Å². The Morgan fingerprint density at radius 2 is 2.10 bits per heavy atom. The van der Waals surface area contributed by atoms with Crippen LogP contribution in [-0.4, -0.2) is 35.5 Å². The Labute approximate surface area is 120 Å². The van der Waals surface area contributed by atoms with E-state index in [2.05, 4.69) is 26.8 Å². The molecular weight excluding hydrogens is 252 g/mol. The fourth-order valence-corrected chi connectivity index (χ4v) is 2.37. The fourth-order valence-electron chi connectivity index (χ4n) is 2.37. The molecule has 1 aromatic rings. The van der Waals surface area contributed by atoms with E-state index < -0.39 is 0 Å². The molecule has 1 aromatic heterocycles. The smallest absolute Gasteiger partial charge is 0.225 e. The monoisotopic (exact) mass is 274 g/mol. The normalized spacial score (nSPS) is 15.9. The number of aromatic nitrogens is 2. The molecule has 5 nitrogen and oxygen atoms in total. The van der Waals surface area contributed by atoms with Crippen LogP contribution < -0.4 is 10.2 Å². The molecule has 20 heavy (non-hydrogen) atoms. The van der Waals surface area contributed by atoms with Crippen molar-refractivity contribution in [3.05, 3.63) is 31.1 Å². The number of carbonyl (C=O) groups is 1. The van der Waals surface area contributed by atoms with Gasteiger partial charge in [-0.3, -0.25) is 4.79 Å². The molecular formula is C15H22N4O. The third-order valence-electron chi connectivity index (χ3n) is 3.61. The van der Waals surface area contributed by atoms with Crippen molar-refractivity contribution in [3.8, 4) is 0 Å². The van der Waals surface area contributed by atoms with Crippen molar-refractivity contribution >= 4 is 11.9 Å². The van der Waals surface area contributed by atoms with E-state index in [4.69, 9.17) is 0 Å². The number of rotatable bonds is 6. The van der Waals surface area contributed by atoms with Crippen molar-refractivity contribution in [2.75, 3.05) is 24.5 Å². The van der Waals surface area contributed by atoms with Gasteiger partial charge in [-0.25, -0.2) is 9.97 Å². The average Bonchev–Trinajstić information content (AvgIpc) is 2.52. The Morgan fingerprint density at radius 3 is 2.75 bits per heavy atom. The van der Waals surface area contributed by atoms with Crippen LogP contribution in [0.4, 0.5) is 5.95 Å². The number of allylic oxidation sites excluding steroid dienone is 1. The molecule has 1 aliphatic rings. The number of anilines is 1. The first-order valence-electron chi connectivity index (χ1n) is 7.19. The maximum absolute atomic E-state index is 11.5. The second-order valence-electron chi connectivity index (χ2n) is 5.11. The van der Waals surface area contributed by atoms with Crippen LogP contribution >= 0.6 is 0 Å². The van der Waals surface area contributed by atoms with Gasteiger partial charge in [-0.05, 0) is 31.2 Å². The molecule has 0 saturated carbocycles. The molecule has 0 atom stereocenters. The summed E-state index contributed by atoms with van der Waals surface area (Å²) in [5, 5.41) is 3.01. The molecule has 1 N–H and O–H groups in total. The lowest BCUT2D eigenvalue weighted by Crippen LogP contribution is -2.39. The van der Waals surface area contributed by atoms with Crippen LogP contribution in [0.1, 0.15) is 25.7 Å². The molecule has 0 aromatic carbocycles. The van der Waals surface area contributed by atoms with E-state index in [1.54, 1.807) is 18.5 Å². The summed E-state index contributed by atoms with van der Waals surface area (Å²) in [5.41, 5.74) is 0. The second-order valence-corrected chi connectivity index (χ2v) is 5.11. The zero-order valence-electron chi connectivity index (χ0n) is 11.8. The minimum atomic E-state index is 0.124. The van der Waals surface area contributed by atoms with E-state index in [-0.39, 0.29) is 5.91 Å². The van der Waals surface area contributed by atoms with E-state index in [0.717, 1.165) is 44.8 Å². The number of hydrogen-bond acceptors (Lipinski definition) is 4. The van der Waals surface area contributed by atoms with Crippen molar-refractivity contribution in [2.24, 2.45) is 5.92 Å². The van der Waals surface area contributed by atoms with Crippen molar-refractivity contribution < 1.29 is 4.79 Å². The molecule has 0 bridgehead atoms. The van der Waals surface area contributed by atoms with Crippen molar-refractivity contribution in [3.63, 3.8) is 0 Å². The molecule has 1 amide bonds. The van der Waals surface area contributed by atoms with Gasteiger partial charge in [0, 0.05) is 38.4 Å². The Morgan fingerprint density at radius 1 is 1.40 bits per heavy atom. The van der Waals surface area contributed by atoms with E-state index in [9.17, 15) is 4.79 Å². The molecule has 2 heterocycles. The summed E-state index contributed by atoms with van der Waals surface area (Å²) < 4.78 is 0. The minimum Gasteiger partial charge on any atom is -0.356 e. The van der Waals surface area contributed by atoms with Gasteiger partial charge in [0.25, 0.3) is 0 Å². The molecule has 0 unspecified atom stereocenters. The van der Waals surface area contributed by atoms with Gasteiger partial charge < -0.3 is 10.2 Å². The molecule has 1 fully saturated rings. The molecule has 0 spiro atoms. The fraction of sp³-hybridized carbons (Fsp3) is 0.533. The summed E-state index contributed by atoms with van der Waals surface area (Å²) in [6.45, 7) is 6.31. The number of nitrogens with one attached hydrogen (secondary N) is 1. The lowest BCUT2D eigenvalue weighted by molar-refractivity contribution is -0.121. The van der Waals surface area contributed by atoms with E-state index in [1.807, 2.05) is 6.07 Å². The molecule has 5 heteroatoms. The third-order valence-corrected chi connectivity index (χ3v) is 3.61. The minimum absolute atomic E-state index is 0.124. The van der Waals surface area contributed by atoms with Crippen LogP contribution in [0.15, 0.2) is 31.1 Å². The molecule has 2 rings (SSSR count).